The molecule has 204 valence electrons. The highest BCUT2D eigenvalue weighted by Crippen LogP contribution is 2.33. The average molecular weight is 545 g/mol. The second-order valence-corrected chi connectivity index (χ2v) is 10.2. The molecule has 1 fully saturated rings. The molecule has 2 bridgehead atoms. The predicted octanol–water partition coefficient (Wildman–Crippen LogP) is 4.72. The van der Waals surface area contributed by atoms with Crippen molar-refractivity contribution in [3.63, 3.8) is 0 Å². The first-order valence-electron chi connectivity index (χ1n) is 13.0. The van der Waals surface area contributed by atoms with E-state index in [0.29, 0.717) is 30.8 Å². The number of rotatable bonds is 3. The first-order chi connectivity index (χ1) is 19.2. The monoisotopic (exact) mass is 544 g/mol. The van der Waals surface area contributed by atoms with Crippen LogP contribution in [0.2, 0.25) is 0 Å². The van der Waals surface area contributed by atoms with Crippen molar-refractivity contribution in [2.45, 2.75) is 32.7 Å². The number of nitrogens with zero attached hydrogens (tertiary/aromatic N) is 6. The molecule has 0 N–H and O–H groups in total. The van der Waals surface area contributed by atoms with E-state index < -0.39 is 17.3 Å². The summed E-state index contributed by atoms with van der Waals surface area (Å²) in [6.07, 6.45) is 2.81. The first kappa shape index (κ1) is 25.6. The van der Waals surface area contributed by atoms with Crippen molar-refractivity contribution >= 4 is 50.3 Å². The highest BCUT2D eigenvalue weighted by atomic mass is 19.1. The molecule has 9 nitrogen and oxygen atoms in total. The Labute approximate surface area is 227 Å². The maximum absolute atomic E-state index is 15.9. The number of anilines is 1. The lowest BCUT2D eigenvalue weighted by molar-refractivity contribution is -0.126. The summed E-state index contributed by atoms with van der Waals surface area (Å²) in [4.78, 5) is 43.1. The molecule has 0 aliphatic carbocycles. The summed E-state index contributed by atoms with van der Waals surface area (Å²) in [5.41, 5.74) is 0.273. The van der Waals surface area contributed by atoms with Gasteiger partial charge in [-0.3, -0.25) is 9.78 Å². The summed E-state index contributed by atoms with van der Waals surface area (Å²) in [7, 11) is 0. The number of fused-ring (bicyclic) bond motifs is 5. The van der Waals surface area contributed by atoms with Crippen molar-refractivity contribution < 1.29 is 18.0 Å². The third kappa shape index (κ3) is 3.92. The van der Waals surface area contributed by atoms with Gasteiger partial charge in [-0.2, -0.15) is 4.98 Å². The summed E-state index contributed by atoms with van der Waals surface area (Å²) in [5, 5.41) is 0.112. The lowest BCUT2D eigenvalue weighted by Gasteiger charge is -2.40. The number of benzene rings is 1. The predicted molar refractivity (Wildman–Crippen MR) is 148 cm³/mol. The largest absolute Gasteiger partial charge is 0.454 e. The Hall–Kier alpha value is -4.67. The van der Waals surface area contributed by atoms with E-state index in [1.54, 1.807) is 17.2 Å². The van der Waals surface area contributed by atoms with Crippen molar-refractivity contribution in [3.8, 4) is 0 Å². The molecule has 1 aliphatic heterocycles. The number of halogens is 2. The Morgan fingerprint density at radius 2 is 1.95 bits per heavy atom. The molecule has 1 unspecified atom stereocenters. The van der Waals surface area contributed by atoms with Crippen LogP contribution in [0, 0.1) is 11.6 Å². The van der Waals surface area contributed by atoms with Crippen LogP contribution >= 0.6 is 0 Å². The minimum absolute atomic E-state index is 0.0542. The van der Waals surface area contributed by atoms with E-state index in [-0.39, 0.29) is 56.8 Å². The Bertz CT molecular complexity index is 1950. The van der Waals surface area contributed by atoms with Crippen molar-refractivity contribution in [3.05, 3.63) is 77.0 Å². The van der Waals surface area contributed by atoms with Crippen LogP contribution in [0.25, 0.3) is 38.6 Å². The van der Waals surface area contributed by atoms with Gasteiger partial charge < -0.3 is 14.2 Å². The maximum atomic E-state index is 15.9. The van der Waals surface area contributed by atoms with E-state index >= 15 is 8.78 Å². The summed E-state index contributed by atoms with van der Waals surface area (Å²) >= 11 is 0. The summed E-state index contributed by atoms with van der Waals surface area (Å²) in [6.45, 7) is 10.4. The van der Waals surface area contributed by atoms with E-state index in [1.165, 1.54) is 34.7 Å². The van der Waals surface area contributed by atoms with E-state index in [9.17, 15) is 9.59 Å². The van der Waals surface area contributed by atoms with Crippen molar-refractivity contribution in [2.75, 3.05) is 24.5 Å². The summed E-state index contributed by atoms with van der Waals surface area (Å²) in [6, 6.07) is 6.75. The van der Waals surface area contributed by atoms with Crippen LogP contribution in [0.1, 0.15) is 32.4 Å². The molecule has 5 aromatic rings. The fraction of sp³-hybridized carbons (Fsp3) is 0.276. The molecule has 40 heavy (non-hydrogen) atoms. The zero-order valence-corrected chi connectivity index (χ0v) is 22.2. The number of hydrogen-bond acceptors (Lipinski definition) is 7. The molecule has 4 aromatic heterocycles. The van der Waals surface area contributed by atoms with Gasteiger partial charge in [-0.25, -0.2) is 23.0 Å². The van der Waals surface area contributed by atoms with Crippen molar-refractivity contribution in [2.24, 2.45) is 0 Å². The van der Waals surface area contributed by atoms with Gasteiger partial charge in [0.1, 0.15) is 28.3 Å². The lowest BCUT2D eigenvalue weighted by Crippen LogP contribution is -2.54. The number of carbonyl (C=O) groups is 1. The van der Waals surface area contributed by atoms with E-state index in [2.05, 4.69) is 21.5 Å². The minimum Gasteiger partial charge on any atom is -0.454 e. The van der Waals surface area contributed by atoms with E-state index in [1.807, 2.05) is 25.7 Å². The van der Waals surface area contributed by atoms with Crippen LogP contribution in [-0.4, -0.2) is 55.8 Å². The van der Waals surface area contributed by atoms with Gasteiger partial charge in [0, 0.05) is 37.9 Å². The van der Waals surface area contributed by atoms with Crippen LogP contribution in [0.15, 0.2) is 58.4 Å². The van der Waals surface area contributed by atoms with Gasteiger partial charge in [0.25, 0.3) is 0 Å². The van der Waals surface area contributed by atoms with Gasteiger partial charge in [-0.05, 0) is 37.1 Å². The van der Waals surface area contributed by atoms with Gasteiger partial charge in [-0.1, -0.05) is 26.5 Å². The zero-order chi connectivity index (χ0) is 28.3. The van der Waals surface area contributed by atoms with Crippen LogP contribution in [0.5, 0.6) is 0 Å². The standard InChI is InChI=1S/C29H26F2N6O3/c1-5-22(38)35-11-12-36(16(4)14-35)27-17-13-19(31)25-23-18(30)7-6-8-20(23)40-21-9-10-32-24(15(2)3)26(21)37(28(17)33-25)29(39)34-27/h5-10,13,15-16H,1,11-12,14H2,2-4H3. The second-order valence-electron chi connectivity index (χ2n) is 10.2. The van der Waals surface area contributed by atoms with Crippen LogP contribution in [0.4, 0.5) is 14.6 Å². The van der Waals surface area contributed by atoms with Crippen molar-refractivity contribution in [1.29, 1.82) is 0 Å². The molecule has 0 spiro atoms. The Morgan fingerprint density at radius 3 is 2.67 bits per heavy atom. The number of amides is 1. The van der Waals surface area contributed by atoms with Crippen molar-refractivity contribution in [1.82, 2.24) is 24.3 Å². The summed E-state index contributed by atoms with van der Waals surface area (Å²) < 4.78 is 38.5. The lowest BCUT2D eigenvalue weighted by atomic mass is 10.1. The number of hydrogen-bond donors (Lipinski definition) is 0. The number of pyridine rings is 2. The minimum atomic E-state index is -0.794. The number of aromatic nitrogens is 4. The fourth-order valence-corrected chi connectivity index (χ4v) is 5.42. The van der Waals surface area contributed by atoms with Gasteiger partial charge in [-0.15, -0.1) is 0 Å². The Kier molecular flexibility index (Phi) is 6.09. The smallest absolute Gasteiger partial charge is 0.356 e. The van der Waals surface area contributed by atoms with Gasteiger partial charge >= 0.3 is 5.69 Å². The van der Waals surface area contributed by atoms with Crippen LogP contribution in [0.3, 0.4) is 0 Å². The molecule has 5 heterocycles. The topological polar surface area (TPSA) is 96.8 Å². The third-order valence-corrected chi connectivity index (χ3v) is 7.31. The molecule has 1 saturated heterocycles. The number of piperazine rings is 1. The zero-order valence-electron chi connectivity index (χ0n) is 22.2. The molecule has 1 amide bonds. The SMILES string of the molecule is C=CC(=O)N1CCN(c2nc(=O)n3c4nc(c(F)cc24)c2c(F)cccc2oc2ccnc(C(C)C)c23)C(C)C1. The quantitative estimate of drug-likeness (QED) is 0.303. The van der Waals surface area contributed by atoms with Gasteiger partial charge in [0.15, 0.2) is 17.0 Å². The number of carbonyl (C=O) groups excluding carboxylic acids is 1. The third-order valence-electron chi connectivity index (χ3n) is 7.31. The van der Waals surface area contributed by atoms with E-state index in [4.69, 9.17) is 4.42 Å². The molecule has 0 radical (unpaired) electrons. The Balaban J connectivity index is 1.78. The molecule has 0 saturated carbocycles. The maximum Gasteiger partial charge on any atom is 0.356 e. The van der Waals surface area contributed by atoms with Gasteiger partial charge in [0.2, 0.25) is 5.91 Å². The highest BCUT2D eigenvalue weighted by molar-refractivity contribution is 5.99. The molecule has 1 aromatic carbocycles. The van der Waals surface area contributed by atoms with E-state index in [0.717, 1.165) is 0 Å². The molecule has 1 atom stereocenters. The van der Waals surface area contributed by atoms with Crippen LogP contribution in [-0.2, 0) is 4.79 Å². The fourth-order valence-electron chi connectivity index (χ4n) is 5.42. The first-order valence-corrected chi connectivity index (χ1v) is 13.0. The molecular weight excluding hydrogens is 518 g/mol. The summed E-state index contributed by atoms with van der Waals surface area (Å²) in [5.74, 6) is -1.61. The Morgan fingerprint density at radius 1 is 1.15 bits per heavy atom. The molecular formula is C29H26F2N6O3. The molecule has 6 rings (SSSR count). The average Bonchev–Trinajstić information content (AvgIpc) is 2.98. The molecule has 11 heteroatoms. The highest BCUT2D eigenvalue weighted by Gasteiger charge is 2.30. The van der Waals surface area contributed by atoms with Crippen LogP contribution < -0.4 is 10.6 Å². The normalized spacial score (nSPS) is 16.0. The second kappa shape index (κ2) is 9.51. The van der Waals surface area contributed by atoms with Gasteiger partial charge in [0.05, 0.1) is 16.5 Å². The molecule has 1 aliphatic rings.